The summed E-state index contributed by atoms with van der Waals surface area (Å²) < 4.78 is 2.43. The SMILES string of the molecule is Cc1ccc2c(c1)-c1c(nc3n1C(C)(C)C(C)(C)c1cccc(O)c1-3)C2(C)c1cc(-c2ccccn2)cc(C(C)(C)C)c1. The molecule has 1 aliphatic heterocycles. The average Bonchev–Trinajstić information content (AvgIpc) is 3.47. The van der Waals surface area contributed by atoms with Gasteiger partial charge in [-0.05, 0) is 91.8 Å². The summed E-state index contributed by atoms with van der Waals surface area (Å²) in [6, 6.07) is 25.8. The summed E-state index contributed by atoms with van der Waals surface area (Å²) in [4.78, 5) is 10.3. The maximum atomic E-state index is 11.3. The van der Waals surface area contributed by atoms with E-state index in [-0.39, 0.29) is 22.1 Å². The summed E-state index contributed by atoms with van der Waals surface area (Å²) in [7, 11) is 0. The summed E-state index contributed by atoms with van der Waals surface area (Å²) in [5, 5.41) is 11.3. The number of aryl methyl sites for hydroxylation is 1. The first-order valence-electron chi connectivity index (χ1n) is 15.3. The third-order valence-corrected chi connectivity index (χ3v) is 10.7. The van der Waals surface area contributed by atoms with E-state index in [1.807, 2.05) is 18.3 Å². The number of phenols is 1. The van der Waals surface area contributed by atoms with Gasteiger partial charge >= 0.3 is 0 Å². The Bertz CT molecular complexity index is 1940. The first-order valence-corrected chi connectivity index (χ1v) is 15.3. The number of hydrogen-bond acceptors (Lipinski definition) is 3. The molecule has 218 valence electrons. The summed E-state index contributed by atoms with van der Waals surface area (Å²) in [6.45, 7) is 20.5. The lowest BCUT2D eigenvalue weighted by Gasteiger charge is -2.48. The highest BCUT2D eigenvalue weighted by atomic mass is 16.3. The van der Waals surface area contributed by atoms with Crippen molar-refractivity contribution in [1.82, 2.24) is 14.5 Å². The molecule has 3 heterocycles. The van der Waals surface area contributed by atoms with Crippen molar-refractivity contribution in [3.63, 3.8) is 0 Å². The van der Waals surface area contributed by atoms with Crippen molar-refractivity contribution in [3.05, 3.63) is 113 Å². The number of pyridine rings is 1. The molecule has 2 aromatic heterocycles. The monoisotopic (exact) mass is 567 g/mol. The highest BCUT2D eigenvalue weighted by Gasteiger charge is 2.53. The second kappa shape index (κ2) is 8.69. The van der Waals surface area contributed by atoms with E-state index in [9.17, 15) is 5.11 Å². The van der Waals surface area contributed by atoms with Crippen LogP contribution < -0.4 is 0 Å². The highest BCUT2D eigenvalue weighted by Crippen LogP contribution is 2.60. The van der Waals surface area contributed by atoms with Gasteiger partial charge in [0.2, 0.25) is 0 Å². The molecule has 3 aromatic carbocycles. The van der Waals surface area contributed by atoms with Crippen LogP contribution in [0.25, 0.3) is 33.9 Å². The highest BCUT2D eigenvalue weighted by molar-refractivity contribution is 5.86. The maximum absolute atomic E-state index is 11.3. The number of nitrogens with zero attached hydrogens (tertiary/aromatic N) is 3. The standard InChI is InChI=1S/C39H41N3O/c1-23-16-17-28-27(19-23)33-34(41-35-32-29(13-12-15-31(32)43)37(5,6)38(7,8)42(33)35)39(28,9)26-21-24(30-14-10-11-18-40-30)20-25(22-26)36(2,3)4/h10-22,43H,1-9H3. The van der Waals surface area contributed by atoms with Crippen LogP contribution in [0.5, 0.6) is 5.75 Å². The van der Waals surface area contributed by atoms with Gasteiger partial charge in [0.1, 0.15) is 11.6 Å². The number of hydrogen-bond donors (Lipinski definition) is 1. The van der Waals surface area contributed by atoms with Crippen LogP contribution in [0.15, 0.2) is 79.0 Å². The molecule has 0 spiro atoms. The molecule has 0 bridgehead atoms. The predicted octanol–water partition coefficient (Wildman–Crippen LogP) is 9.28. The summed E-state index contributed by atoms with van der Waals surface area (Å²) in [5.74, 6) is 1.13. The summed E-state index contributed by atoms with van der Waals surface area (Å²) >= 11 is 0. The molecule has 0 amide bonds. The second-order valence-electron chi connectivity index (χ2n) is 14.8. The number of phenolic OH excluding ortho intramolecular Hbond substituents is 1. The van der Waals surface area contributed by atoms with Crippen LogP contribution in [-0.4, -0.2) is 19.6 Å². The molecule has 5 aromatic rings. The average molecular weight is 568 g/mol. The lowest BCUT2D eigenvalue weighted by Crippen LogP contribution is -2.48. The van der Waals surface area contributed by atoms with Gasteiger partial charge in [-0.2, -0.15) is 0 Å². The third kappa shape index (κ3) is 3.62. The van der Waals surface area contributed by atoms with E-state index in [4.69, 9.17) is 9.97 Å². The van der Waals surface area contributed by atoms with Gasteiger partial charge in [-0.1, -0.05) is 76.6 Å². The van der Waals surface area contributed by atoms with E-state index in [0.717, 1.165) is 39.6 Å². The molecule has 0 saturated heterocycles. The molecule has 1 atom stereocenters. The van der Waals surface area contributed by atoms with Crippen molar-refractivity contribution in [2.45, 2.75) is 84.1 Å². The lowest BCUT2D eigenvalue weighted by molar-refractivity contribution is 0.197. The van der Waals surface area contributed by atoms with Gasteiger partial charge in [0.15, 0.2) is 0 Å². The van der Waals surface area contributed by atoms with Crippen LogP contribution >= 0.6 is 0 Å². The van der Waals surface area contributed by atoms with Gasteiger partial charge in [-0.15, -0.1) is 0 Å². The number of fused-ring (bicyclic) bond motifs is 7. The van der Waals surface area contributed by atoms with Crippen LogP contribution in [0.1, 0.15) is 88.9 Å². The van der Waals surface area contributed by atoms with Crippen molar-refractivity contribution in [3.8, 4) is 39.7 Å². The molecule has 4 heteroatoms. The number of imidazole rings is 1. The van der Waals surface area contributed by atoms with Crippen LogP contribution in [0.3, 0.4) is 0 Å². The van der Waals surface area contributed by atoms with E-state index in [2.05, 4.69) is 121 Å². The summed E-state index contributed by atoms with van der Waals surface area (Å²) in [6.07, 6.45) is 1.86. The van der Waals surface area contributed by atoms with E-state index < -0.39 is 5.41 Å². The zero-order valence-corrected chi connectivity index (χ0v) is 26.8. The van der Waals surface area contributed by atoms with Gasteiger partial charge in [-0.3, -0.25) is 4.98 Å². The number of aromatic nitrogens is 3. The molecule has 0 fully saturated rings. The van der Waals surface area contributed by atoms with Crippen LogP contribution in [0.2, 0.25) is 0 Å². The third-order valence-electron chi connectivity index (χ3n) is 10.7. The molecule has 43 heavy (non-hydrogen) atoms. The lowest BCUT2D eigenvalue weighted by atomic mass is 9.65. The van der Waals surface area contributed by atoms with E-state index in [1.165, 1.54) is 27.8 Å². The van der Waals surface area contributed by atoms with Crippen molar-refractivity contribution in [1.29, 1.82) is 0 Å². The quantitative estimate of drug-likeness (QED) is 0.231. The molecule has 1 aliphatic carbocycles. The summed E-state index contributed by atoms with van der Waals surface area (Å²) in [5.41, 5.74) is 11.3. The molecule has 0 radical (unpaired) electrons. The fraction of sp³-hybridized carbons (Fsp3) is 0.333. The minimum Gasteiger partial charge on any atom is -0.507 e. The fourth-order valence-corrected chi connectivity index (χ4v) is 7.37. The Hall–Kier alpha value is -4.18. The largest absolute Gasteiger partial charge is 0.507 e. The smallest absolute Gasteiger partial charge is 0.145 e. The van der Waals surface area contributed by atoms with Crippen LogP contribution in [0, 0.1) is 6.92 Å². The molecule has 4 nitrogen and oxygen atoms in total. The first-order chi connectivity index (χ1) is 20.2. The van der Waals surface area contributed by atoms with E-state index in [1.54, 1.807) is 6.07 Å². The Morgan fingerprint density at radius 3 is 2.28 bits per heavy atom. The molecule has 1 unspecified atom stereocenters. The topological polar surface area (TPSA) is 50.9 Å². The van der Waals surface area contributed by atoms with E-state index in [0.29, 0.717) is 0 Å². The van der Waals surface area contributed by atoms with Gasteiger partial charge in [0.05, 0.1) is 33.6 Å². The second-order valence-corrected chi connectivity index (χ2v) is 14.8. The van der Waals surface area contributed by atoms with Crippen molar-refractivity contribution < 1.29 is 5.11 Å². The van der Waals surface area contributed by atoms with Crippen LogP contribution in [-0.2, 0) is 21.8 Å². The predicted molar refractivity (Wildman–Crippen MR) is 176 cm³/mol. The molecule has 7 rings (SSSR count). The minimum atomic E-state index is -0.516. The normalized spacial score (nSPS) is 19.4. The number of benzene rings is 3. The van der Waals surface area contributed by atoms with Crippen molar-refractivity contribution in [2.24, 2.45) is 0 Å². The zero-order chi connectivity index (χ0) is 30.7. The Labute approximate surface area is 255 Å². The molecular formula is C39H41N3O. The number of aromatic hydroxyl groups is 1. The Morgan fingerprint density at radius 1 is 0.814 bits per heavy atom. The van der Waals surface area contributed by atoms with Gasteiger partial charge in [0.25, 0.3) is 0 Å². The molecule has 1 N–H and O–H groups in total. The fourth-order valence-electron chi connectivity index (χ4n) is 7.37. The van der Waals surface area contributed by atoms with Crippen molar-refractivity contribution in [2.75, 3.05) is 0 Å². The Kier molecular flexibility index (Phi) is 5.59. The van der Waals surface area contributed by atoms with Crippen LogP contribution in [0.4, 0.5) is 0 Å². The zero-order valence-electron chi connectivity index (χ0n) is 26.8. The number of rotatable bonds is 2. The molecule has 0 saturated carbocycles. The van der Waals surface area contributed by atoms with Crippen molar-refractivity contribution >= 4 is 0 Å². The van der Waals surface area contributed by atoms with Gasteiger partial charge < -0.3 is 9.67 Å². The molecule has 2 aliphatic rings. The minimum absolute atomic E-state index is 0.0579. The Balaban J connectivity index is 1.60. The molecular weight excluding hydrogens is 526 g/mol. The van der Waals surface area contributed by atoms with Gasteiger partial charge in [-0.25, -0.2) is 4.98 Å². The van der Waals surface area contributed by atoms with Gasteiger partial charge in [0, 0.05) is 22.7 Å². The Morgan fingerprint density at radius 2 is 1.58 bits per heavy atom. The maximum Gasteiger partial charge on any atom is 0.145 e. The van der Waals surface area contributed by atoms with E-state index >= 15 is 0 Å². The first kappa shape index (κ1) is 27.6.